The highest BCUT2D eigenvalue weighted by atomic mass is 19.1. The number of aromatic nitrogens is 2. The van der Waals surface area contributed by atoms with Crippen LogP contribution in [0, 0.1) is 5.82 Å². The molecule has 0 saturated carbocycles. The SMILES string of the molecule is C=CCCC(=O)NCc1nc2ccc(F)cc2[nH]1. The van der Waals surface area contributed by atoms with Gasteiger partial charge >= 0.3 is 0 Å². The largest absolute Gasteiger partial charge is 0.349 e. The topological polar surface area (TPSA) is 57.8 Å². The highest BCUT2D eigenvalue weighted by Gasteiger charge is 2.05. The van der Waals surface area contributed by atoms with Crippen LogP contribution in [0.3, 0.4) is 0 Å². The molecule has 0 bridgehead atoms. The van der Waals surface area contributed by atoms with Crippen molar-refractivity contribution >= 4 is 16.9 Å². The predicted molar refractivity (Wildman–Crippen MR) is 67.3 cm³/mol. The smallest absolute Gasteiger partial charge is 0.220 e. The van der Waals surface area contributed by atoms with Gasteiger partial charge in [-0.25, -0.2) is 9.37 Å². The molecule has 0 saturated heterocycles. The van der Waals surface area contributed by atoms with Gasteiger partial charge in [-0.3, -0.25) is 4.79 Å². The Kier molecular flexibility index (Phi) is 3.72. The van der Waals surface area contributed by atoms with E-state index in [1.165, 1.54) is 12.1 Å². The number of benzene rings is 1. The summed E-state index contributed by atoms with van der Waals surface area (Å²) in [5.74, 6) is 0.247. The Morgan fingerprint density at radius 3 is 3.17 bits per heavy atom. The summed E-state index contributed by atoms with van der Waals surface area (Å²) < 4.78 is 13.0. The fourth-order valence-electron chi connectivity index (χ4n) is 1.62. The van der Waals surface area contributed by atoms with E-state index in [1.54, 1.807) is 12.1 Å². The second kappa shape index (κ2) is 5.44. The van der Waals surface area contributed by atoms with E-state index < -0.39 is 0 Å². The molecule has 0 spiro atoms. The van der Waals surface area contributed by atoms with E-state index in [2.05, 4.69) is 21.9 Å². The Labute approximate surface area is 104 Å². The lowest BCUT2D eigenvalue weighted by atomic mass is 10.3. The average Bonchev–Trinajstić information content (AvgIpc) is 2.75. The molecule has 0 unspecified atom stereocenters. The molecule has 2 N–H and O–H groups in total. The summed E-state index contributed by atoms with van der Waals surface area (Å²) in [6, 6.07) is 4.34. The number of nitrogens with zero attached hydrogens (tertiary/aromatic N) is 1. The number of imidazole rings is 1. The molecule has 0 fully saturated rings. The Morgan fingerprint density at radius 2 is 2.39 bits per heavy atom. The first-order valence-corrected chi connectivity index (χ1v) is 5.71. The van der Waals surface area contributed by atoms with Gasteiger partial charge < -0.3 is 10.3 Å². The lowest BCUT2D eigenvalue weighted by Gasteiger charge is -2.00. The maximum atomic E-state index is 13.0. The minimum atomic E-state index is -0.312. The Hall–Kier alpha value is -2.17. The Morgan fingerprint density at radius 1 is 1.56 bits per heavy atom. The van der Waals surface area contributed by atoms with Crippen LogP contribution in [0.4, 0.5) is 4.39 Å². The summed E-state index contributed by atoms with van der Waals surface area (Å²) in [5.41, 5.74) is 1.32. The minimum Gasteiger partial charge on any atom is -0.349 e. The molecule has 1 heterocycles. The van der Waals surface area contributed by atoms with Crippen molar-refractivity contribution in [1.82, 2.24) is 15.3 Å². The number of amides is 1. The number of nitrogens with one attached hydrogen (secondary N) is 2. The van der Waals surface area contributed by atoms with Crippen LogP contribution in [0.5, 0.6) is 0 Å². The van der Waals surface area contributed by atoms with Gasteiger partial charge in [0.05, 0.1) is 17.6 Å². The zero-order chi connectivity index (χ0) is 13.0. The molecule has 1 aromatic heterocycles. The van der Waals surface area contributed by atoms with Gasteiger partial charge in [0.1, 0.15) is 11.6 Å². The second-order valence-electron chi connectivity index (χ2n) is 3.95. The van der Waals surface area contributed by atoms with Crippen LogP contribution in [-0.4, -0.2) is 15.9 Å². The molecule has 0 aliphatic heterocycles. The first-order valence-electron chi connectivity index (χ1n) is 5.71. The first kappa shape index (κ1) is 12.3. The lowest BCUT2D eigenvalue weighted by Crippen LogP contribution is -2.22. The summed E-state index contributed by atoms with van der Waals surface area (Å²) in [6.07, 6.45) is 2.76. The normalized spacial score (nSPS) is 10.5. The third-order valence-corrected chi connectivity index (χ3v) is 2.52. The summed E-state index contributed by atoms with van der Waals surface area (Å²) in [4.78, 5) is 18.6. The van der Waals surface area contributed by atoms with Gasteiger partial charge in [0.25, 0.3) is 0 Å². The first-order chi connectivity index (χ1) is 8.69. The van der Waals surface area contributed by atoms with Crippen molar-refractivity contribution in [3.05, 3.63) is 42.5 Å². The summed E-state index contributed by atoms with van der Waals surface area (Å²) in [5, 5.41) is 2.74. The molecular weight excluding hydrogens is 233 g/mol. The number of carbonyl (C=O) groups is 1. The van der Waals surface area contributed by atoms with Crippen molar-refractivity contribution in [2.24, 2.45) is 0 Å². The molecule has 1 amide bonds. The number of hydrogen-bond donors (Lipinski definition) is 2. The third kappa shape index (κ3) is 2.94. The van der Waals surface area contributed by atoms with E-state index in [1.807, 2.05) is 0 Å². The van der Waals surface area contributed by atoms with Crippen molar-refractivity contribution in [3.63, 3.8) is 0 Å². The van der Waals surface area contributed by atoms with E-state index in [-0.39, 0.29) is 11.7 Å². The van der Waals surface area contributed by atoms with Gasteiger partial charge in [-0.05, 0) is 24.6 Å². The van der Waals surface area contributed by atoms with Gasteiger partial charge in [-0.2, -0.15) is 0 Å². The van der Waals surface area contributed by atoms with Crippen molar-refractivity contribution in [1.29, 1.82) is 0 Å². The van der Waals surface area contributed by atoms with Gasteiger partial charge in [0.15, 0.2) is 0 Å². The fraction of sp³-hybridized carbons (Fsp3) is 0.231. The van der Waals surface area contributed by atoms with Gasteiger partial charge in [-0.15, -0.1) is 6.58 Å². The standard InChI is InChI=1S/C13H14FN3O/c1-2-3-4-13(18)15-8-12-16-10-6-5-9(14)7-11(10)17-12/h2,5-7H,1,3-4,8H2,(H,15,18)(H,16,17). The van der Waals surface area contributed by atoms with Crippen molar-refractivity contribution in [2.75, 3.05) is 0 Å². The summed E-state index contributed by atoms with van der Waals surface area (Å²) >= 11 is 0. The van der Waals surface area contributed by atoms with Crippen LogP contribution < -0.4 is 5.32 Å². The van der Waals surface area contributed by atoms with Crippen molar-refractivity contribution in [2.45, 2.75) is 19.4 Å². The monoisotopic (exact) mass is 247 g/mol. The molecule has 2 rings (SSSR count). The zero-order valence-electron chi connectivity index (χ0n) is 9.87. The number of allylic oxidation sites excluding steroid dienone is 1. The molecule has 0 aliphatic rings. The molecule has 18 heavy (non-hydrogen) atoms. The number of rotatable bonds is 5. The molecule has 5 heteroatoms. The van der Waals surface area contributed by atoms with Crippen LogP contribution in [-0.2, 0) is 11.3 Å². The quantitative estimate of drug-likeness (QED) is 0.796. The second-order valence-corrected chi connectivity index (χ2v) is 3.95. The number of carbonyl (C=O) groups excluding carboxylic acids is 1. The van der Waals surface area contributed by atoms with Gasteiger partial charge in [0, 0.05) is 6.42 Å². The van der Waals surface area contributed by atoms with E-state index in [4.69, 9.17) is 0 Å². The molecule has 0 aliphatic carbocycles. The van der Waals surface area contributed by atoms with E-state index >= 15 is 0 Å². The molecule has 4 nitrogen and oxygen atoms in total. The van der Waals surface area contributed by atoms with Crippen LogP contribution >= 0.6 is 0 Å². The van der Waals surface area contributed by atoms with Gasteiger partial charge in [0.2, 0.25) is 5.91 Å². The Bertz CT molecular complexity index is 577. The molecule has 0 radical (unpaired) electrons. The van der Waals surface area contributed by atoms with E-state index in [0.29, 0.717) is 36.2 Å². The zero-order valence-corrected chi connectivity index (χ0v) is 9.87. The molecule has 2 aromatic rings. The summed E-state index contributed by atoms with van der Waals surface area (Å²) in [7, 11) is 0. The molecule has 1 aromatic carbocycles. The number of fused-ring (bicyclic) bond motifs is 1. The average molecular weight is 247 g/mol. The highest BCUT2D eigenvalue weighted by molar-refractivity contribution is 5.77. The van der Waals surface area contributed by atoms with E-state index in [9.17, 15) is 9.18 Å². The predicted octanol–water partition coefficient (Wildman–Crippen LogP) is 2.28. The fourth-order valence-corrected chi connectivity index (χ4v) is 1.62. The summed E-state index contributed by atoms with van der Waals surface area (Å²) in [6.45, 7) is 3.87. The highest BCUT2D eigenvalue weighted by Crippen LogP contribution is 2.12. The number of hydrogen-bond acceptors (Lipinski definition) is 2. The minimum absolute atomic E-state index is 0.0541. The van der Waals surface area contributed by atoms with E-state index in [0.717, 1.165) is 0 Å². The van der Waals surface area contributed by atoms with Crippen molar-refractivity contribution in [3.8, 4) is 0 Å². The van der Waals surface area contributed by atoms with Crippen LogP contribution in [0.1, 0.15) is 18.7 Å². The number of halogens is 1. The van der Waals surface area contributed by atoms with Crippen LogP contribution in [0.15, 0.2) is 30.9 Å². The Balaban J connectivity index is 1.99. The number of aromatic amines is 1. The third-order valence-electron chi connectivity index (χ3n) is 2.52. The van der Waals surface area contributed by atoms with Crippen molar-refractivity contribution < 1.29 is 9.18 Å². The molecule has 94 valence electrons. The maximum Gasteiger partial charge on any atom is 0.220 e. The van der Waals surface area contributed by atoms with Crippen LogP contribution in [0.25, 0.3) is 11.0 Å². The van der Waals surface area contributed by atoms with Crippen LogP contribution in [0.2, 0.25) is 0 Å². The van der Waals surface area contributed by atoms with Gasteiger partial charge in [-0.1, -0.05) is 6.08 Å². The molecule has 0 atom stereocenters. The lowest BCUT2D eigenvalue weighted by molar-refractivity contribution is -0.121. The molecular formula is C13H14FN3O. The number of H-pyrrole nitrogens is 1. The maximum absolute atomic E-state index is 13.0.